The minimum absolute atomic E-state index is 0.0818. The molecular weight excluding hydrogens is 436 g/mol. The molecular formula is C20H19ClN8OS. The Labute approximate surface area is 186 Å². The second-order valence-electron chi connectivity index (χ2n) is 7.35. The number of rotatable bonds is 5. The highest BCUT2D eigenvalue weighted by molar-refractivity contribution is 7.19. The number of fused-ring (bicyclic) bond motifs is 1. The number of carbonyl (C=O) groups excluding carboxylic acids is 1. The van der Waals surface area contributed by atoms with Gasteiger partial charge < -0.3 is 10.6 Å². The molecule has 11 heteroatoms. The molecule has 0 saturated carbocycles. The lowest BCUT2D eigenvalue weighted by Crippen LogP contribution is -2.49. The van der Waals surface area contributed by atoms with E-state index in [0.717, 1.165) is 33.7 Å². The quantitative estimate of drug-likeness (QED) is 0.475. The zero-order valence-electron chi connectivity index (χ0n) is 16.5. The SMILES string of the molecule is Nc1ncnc2cc(CN3CCN(Cc4nc(-c5ccc(Cl)s5)n[nH]4)CC3=O)ccc12. The van der Waals surface area contributed by atoms with Gasteiger partial charge in [-0.15, -0.1) is 11.3 Å². The lowest BCUT2D eigenvalue weighted by molar-refractivity contribution is -0.136. The van der Waals surface area contributed by atoms with Gasteiger partial charge in [0, 0.05) is 25.0 Å². The average Bonchev–Trinajstić information content (AvgIpc) is 3.39. The van der Waals surface area contributed by atoms with Crippen molar-refractivity contribution in [2.75, 3.05) is 25.4 Å². The van der Waals surface area contributed by atoms with E-state index in [0.29, 0.717) is 42.2 Å². The normalized spacial score (nSPS) is 15.1. The number of thiophene rings is 1. The smallest absolute Gasteiger partial charge is 0.237 e. The van der Waals surface area contributed by atoms with E-state index in [1.165, 1.54) is 17.7 Å². The Morgan fingerprint density at radius 2 is 2.06 bits per heavy atom. The summed E-state index contributed by atoms with van der Waals surface area (Å²) in [7, 11) is 0. The first-order valence-corrected chi connectivity index (χ1v) is 10.9. The van der Waals surface area contributed by atoms with E-state index in [4.69, 9.17) is 17.3 Å². The number of carbonyl (C=O) groups is 1. The number of nitrogen functional groups attached to an aromatic ring is 1. The fraction of sp³-hybridized carbons (Fsp3) is 0.250. The number of nitrogens with two attached hydrogens (primary N) is 1. The molecule has 1 amide bonds. The molecule has 0 atom stereocenters. The highest BCUT2D eigenvalue weighted by atomic mass is 35.5. The lowest BCUT2D eigenvalue weighted by Gasteiger charge is -2.33. The molecule has 9 nitrogen and oxygen atoms in total. The fourth-order valence-electron chi connectivity index (χ4n) is 3.62. The molecule has 4 aromatic rings. The van der Waals surface area contributed by atoms with Crippen LogP contribution in [0.5, 0.6) is 0 Å². The van der Waals surface area contributed by atoms with Crippen LogP contribution in [0.1, 0.15) is 11.4 Å². The number of benzene rings is 1. The third-order valence-corrected chi connectivity index (χ3v) is 6.43. The molecule has 0 bridgehead atoms. The van der Waals surface area contributed by atoms with Crippen molar-refractivity contribution in [1.29, 1.82) is 0 Å². The summed E-state index contributed by atoms with van der Waals surface area (Å²) in [6, 6.07) is 9.56. The van der Waals surface area contributed by atoms with Crippen molar-refractivity contribution in [2.24, 2.45) is 0 Å². The van der Waals surface area contributed by atoms with Crippen LogP contribution in [-0.4, -0.2) is 60.5 Å². The van der Waals surface area contributed by atoms with Crippen LogP contribution in [0.15, 0.2) is 36.7 Å². The fourth-order valence-corrected chi connectivity index (χ4v) is 4.60. The zero-order valence-corrected chi connectivity index (χ0v) is 18.0. The van der Waals surface area contributed by atoms with Gasteiger partial charge >= 0.3 is 0 Å². The Balaban J connectivity index is 1.21. The molecule has 0 radical (unpaired) electrons. The number of aromatic amines is 1. The highest BCUT2D eigenvalue weighted by Gasteiger charge is 2.25. The van der Waals surface area contributed by atoms with Gasteiger partial charge in [-0.05, 0) is 29.8 Å². The predicted octanol–water partition coefficient (Wildman–Crippen LogP) is 2.56. The van der Waals surface area contributed by atoms with Crippen molar-refractivity contribution >= 4 is 45.6 Å². The van der Waals surface area contributed by atoms with E-state index in [9.17, 15) is 4.79 Å². The van der Waals surface area contributed by atoms with Gasteiger partial charge in [0.05, 0.1) is 27.8 Å². The molecule has 0 unspecified atom stereocenters. The van der Waals surface area contributed by atoms with Crippen molar-refractivity contribution in [1.82, 2.24) is 34.9 Å². The van der Waals surface area contributed by atoms with Crippen LogP contribution in [0.4, 0.5) is 5.82 Å². The number of anilines is 1. The van der Waals surface area contributed by atoms with E-state index in [1.807, 2.05) is 35.2 Å². The van der Waals surface area contributed by atoms with Gasteiger partial charge in [-0.1, -0.05) is 17.7 Å². The number of hydrogen-bond acceptors (Lipinski definition) is 8. The van der Waals surface area contributed by atoms with Crippen LogP contribution in [0, 0.1) is 0 Å². The average molecular weight is 455 g/mol. The molecule has 1 fully saturated rings. The molecule has 1 saturated heterocycles. The number of aromatic nitrogens is 5. The lowest BCUT2D eigenvalue weighted by atomic mass is 10.1. The largest absolute Gasteiger partial charge is 0.383 e. The zero-order chi connectivity index (χ0) is 21.4. The highest BCUT2D eigenvalue weighted by Crippen LogP contribution is 2.28. The number of nitrogens with one attached hydrogen (secondary N) is 1. The number of halogens is 1. The Bertz CT molecular complexity index is 1250. The van der Waals surface area contributed by atoms with Crippen molar-refractivity contribution in [3.8, 4) is 10.7 Å². The molecule has 0 spiro atoms. The molecule has 3 aromatic heterocycles. The number of piperazine rings is 1. The topological polar surface area (TPSA) is 117 Å². The standard InChI is InChI=1S/C20H19ClN8OS/c21-16-4-3-15(31-16)20-25-17(26-27-20)9-28-5-6-29(18(30)10-28)8-12-1-2-13-14(7-12)23-11-24-19(13)22/h1-4,7,11H,5-6,8-10H2,(H2,22,23,24)(H,25,26,27). The monoisotopic (exact) mass is 454 g/mol. The maximum Gasteiger partial charge on any atom is 0.237 e. The Hall–Kier alpha value is -3.08. The Morgan fingerprint density at radius 1 is 1.16 bits per heavy atom. The summed E-state index contributed by atoms with van der Waals surface area (Å²) >= 11 is 7.42. The van der Waals surface area contributed by atoms with Crippen LogP contribution < -0.4 is 5.73 Å². The van der Waals surface area contributed by atoms with Gasteiger partial charge in [0.1, 0.15) is 18.0 Å². The number of hydrogen-bond donors (Lipinski definition) is 2. The van der Waals surface area contributed by atoms with E-state index < -0.39 is 0 Å². The number of amides is 1. The van der Waals surface area contributed by atoms with E-state index in [1.54, 1.807) is 0 Å². The number of H-pyrrole nitrogens is 1. The number of nitrogens with zero attached hydrogens (tertiary/aromatic N) is 6. The molecule has 3 N–H and O–H groups in total. The minimum Gasteiger partial charge on any atom is -0.383 e. The summed E-state index contributed by atoms with van der Waals surface area (Å²) < 4.78 is 0.699. The first-order valence-electron chi connectivity index (χ1n) is 9.71. The van der Waals surface area contributed by atoms with Gasteiger partial charge in [0.15, 0.2) is 5.82 Å². The van der Waals surface area contributed by atoms with E-state index in [-0.39, 0.29) is 5.91 Å². The summed E-state index contributed by atoms with van der Waals surface area (Å²) in [5.41, 5.74) is 7.69. The molecule has 0 aliphatic carbocycles. The van der Waals surface area contributed by atoms with Gasteiger partial charge in [0.2, 0.25) is 5.91 Å². The van der Waals surface area contributed by atoms with Gasteiger partial charge in [-0.25, -0.2) is 15.0 Å². The second kappa shape index (κ2) is 8.22. The van der Waals surface area contributed by atoms with Crippen LogP contribution in [0.3, 0.4) is 0 Å². The van der Waals surface area contributed by atoms with Crippen molar-refractivity contribution in [2.45, 2.75) is 13.1 Å². The van der Waals surface area contributed by atoms with Crippen LogP contribution in [0.25, 0.3) is 21.6 Å². The van der Waals surface area contributed by atoms with Gasteiger partial charge in [-0.2, -0.15) is 5.10 Å². The van der Waals surface area contributed by atoms with Crippen molar-refractivity contribution < 1.29 is 4.79 Å². The first-order chi connectivity index (χ1) is 15.0. The summed E-state index contributed by atoms with van der Waals surface area (Å²) in [5.74, 6) is 1.89. The third-order valence-electron chi connectivity index (χ3n) is 5.20. The maximum absolute atomic E-state index is 12.7. The molecule has 1 aliphatic rings. The molecule has 158 valence electrons. The molecule has 4 heterocycles. The van der Waals surface area contributed by atoms with Gasteiger partial charge in [-0.3, -0.25) is 14.8 Å². The summed E-state index contributed by atoms with van der Waals surface area (Å²) in [4.78, 5) is 30.4. The van der Waals surface area contributed by atoms with E-state index >= 15 is 0 Å². The summed E-state index contributed by atoms with van der Waals surface area (Å²) in [6.45, 7) is 2.82. The second-order valence-corrected chi connectivity index (χ2v) is 9.06. The van der Waals surface area contributed by atoms with Crippen LogP contribution in [-0.2, 0) is 17.9 Å². The Morgan fingerprint density at radius 3 is 2.87 bits per heavy atom. The first kappa shape index (κ1) is 19.9. The van der Waals surface area contributed by atoms with E-state index in [2.05, 4.69) is 30.0 Å². The minimum atomic E-state index is 0.0818. The van der Waals surface area contributed by atoms with Crippen molar-refractivity contribution in [3.05, 3.63) is 52.4 Å². The molecule has 1 aromatic carbocycles. The van der Waals surface area contributed by atoms with Crippen LogP contribution >= 0.6 is 22.9 Å². The van der Waals surface area contributed by atoms with Crippen LogP contribution in [0.2, 0.25) is 4.34 Å². The summed E-state index contributed by atoms with van der Waals surface area (Å²) in [5, 5.41) is 8.04. The third kappa shape index (κ3) is 4.22. The summed E-state index contributed by atoms with van der Waals surface area (Å²) in [6.07, 6.45) is 1.45. The van der Waals surface area contributed by atoms with Crippen molar-refractivity contribution in [3.63, 3.8) is 0 Å². The van der Waals surface area contributed by atoms with Gasteiger partial charge in [0.25, 0.3) is 0 Å². The molecule has 5 rings (SSSR count). The Kier molecular flexibility index (Phi) is 5.26. The maximum atomic E-state index is 12.7. The molecule has 1 aliphatic heterocycles. The predicted molar refractivity (Wildman–Crippen MR) is 119 cm³/mol. The molecule has 31 heavy (non-hydrogen) atoms.